The Kier molecular flexibility index (Phi) is 8.29. The van der Waals surface area contributed by atoms with Crippen LogP contribution >= 0.6 is 0 Å². The molecule has 0 amide bonds. The molecule has 0 atom stereocenters. The van der Waals surface area contributed by atoms with E-state index in [9.17, 15) is 4.79 Å². The molecule has 0 aliphatic rings. The Labute approximate surface area is 51.2 Å². The number of aliphatic carboxylic acids is 1. The molecule has 4 heteroatoms. The molecule has 0 radical (unpaired) electrons. The van der Waals surface area contributed by atoms with Gasteiger partial charge in [-0.2, -0.15) is 0 Å². The molecule has 2 N–H and O–H groups in total. The Morgan fingerprint density at radius 3 is 1.75 bits per heavy atom. The van der Waals surface area contributed by atoms with Crippen LogP contribution < -0.4 is 0 Å². The summed E-state index contributed by atoms with van der Waals surface area (Å²) in [5, 5.41) is 7.89. The van der Waals surface area contributed by atoms with Gasteiger partial charge < -0.3 is 9.90 Å². The summed E-state index contributed by atoms with van der Waals surface area (Å²) in [4.78, 5) is 16.7. The Bertz CT molecular complexity index is 77.3. The standard InChI is InChI=1S/C4H6O2.H4OSi/c1-3(2)4(5)6;1-2/h1H2,2H3,(H,5,6);1H,2H3. The lowest BCUT2D eigenvalue weighted by Gasteiger charge is -1.79. The molecule has 0 fully saturated rings. The molecule has 0 aromatic rings. The molecule has 0 aliphatic carbocycles. The maximum atomic E-state index is 9.60. The minimum atomic E-state index is -0.935. The molecule has 0 aliphatic heterocycles. The molecule has 0 aromatic heterocycles. The van der Waals surface area contributed by atoms with Crippen LogP contribution in [0.25, 0.3) is 0 Å². The lowest BCUT2D eigenvalue weighted by atomic mass is 10.4. The third-order valence-electron chi connectivity index (χ3n) is 0.365. The minimum absolute atomic E-state index is 0.176. The number of hydrogen-bond acceptors (Lipinski definition) is 2. The van der Waals surface area contributed by atoms with Crippen LogP contribution in [0.5, 0.6) is 0 Å². The summed E-state index contributed by atoms with van der Waals surface area (Å²) in [6.45, 7) is 4.60. The molecule has 0 unspecified atom stereocenters. The Hall–Kier alpha value is -0.613. The Morgan fingerprint density at radius 1 is 1.62 bits per heavy atom. The number of hydrogen-bond donors (Lipinski definition) is 2. The summed E-state index contributed by atoms with van der Waals surface area (Å²) in [6.07, 6.45) is 0. The van der Waals surface area contributed by atoms with Gasteiger partial charge in [0.05, 0.1) is 0 Å². The molecular weight excluding hydrogens is 124 g/mol. The number of rotatable bonds is 1. The van der Waals surface area contributed by atoms with Crippen LogP contribution in [0.1, 0.15) is 6.92 Å². The number of carboxylic acids is 1. The summed E-state index contributed by atoms with van der Waals surface area (Å²) in [5.41, 5.74) is 0.176. The van der Waals surface area contributed by atoms with Crippen molar-refractivity contribution in [3.8, 4) is 0 Å². The fourth-order valence-corrected chi connectivity index (χ4v) is 0. The van der Waals surface area contributed by atoms with Gasteiger partial charge in [0.25, 0.3) is 0 Å². The van der Waals surface area contributed by atoms with Gasteiger partial charge in [0.1, 0.15) is 10.5 Å². The number of carbonyl (C=O) groups is 1. The molecule has 0 bridgehead atoms. The monoisotopic (exact) mass is 134 g/mol. The van der Waals surface area contributed by atoms with Crippen molar-refractivity contribution in [1.82, 2.24) is 0 Å². The van der Waals surface area contributed by atoms with E-state index in [1.54, 1.807) is 0 Å². The third kappa shape index (κ3) is 9.04. The smallest absolute Gasteiger partial charge is 0.330 e. The SMILES string of the molecule is C=C(C)C(=O)O.O[SiH3]. The molecule has 0 saturated heterocycles. The van der Waals surface area contributed by atoms with E-state index >= 15 is 0 Å². The second kappa shape index (κ2) is 6.39. The molecule has 48 valence electrons. The van der Waals surface area contributed by atoms with Crippen molar-refractivity contribution in [2.75, 3.05) is 0 Å². The van der Waals surface area contributed by atoms with Crippen LogP contribution in [0.2, 0.25) is 0 Å². The van der Waals surface area contributed by atoms with Crippen LogP contribution in [0.15, 0.2) is 12.2 Å². The maximum absolute atomic E-state index is 9.60. The second-order valence-electron chi connectivity index (χ2n) is 1.09. The van der Waals surface area contributed by atoms with Crippen LogP contribution in [-0.2, 0) is 4.79 Å². The summed E-state index contributed by atoms with van der Waals surface area (Å²) in [6, 6.07) is 0. The van der Waals surface area contributed by atoms with Gasteiger partial charge >= 0.3 is 5.97 Å². The van der Waals surface area contributed by atoms with Crippen molar-refractivity contribution in [3.63, 3.8) is 0 Å². The molecule has 0 rings (SSSR count). The van der Waals surface area contributed by atoms with Crippen LogP contribution in [0.4, 0.5) is 0 Å². The van der Waals surface area contributed by atoms with E-state index in [1.165, 1.54) is 6.92 Å². The highest BCUT2D eigenvalue weighted by Crippen LogP contribution is 1.81. The highest BCUT2D eigenvalue weighted by molar-refractivity contribution is 5.95. The van der Waals surface area contributed by atoms with E-state index in [-0.39, 0.29) is 5.57 Å². The average molecular weight is 134 g/mol. The average Bonchev–Trinajstić information content (AvgIpc) is 1.72. The van der Waals surface area contributed by atoms with Gasteiger partial charge in [0.2, 0.25) is 0 Å². The fraction of sp³-hybridized carbons (Fsp3) is 0.250. The molecule has 0 aromatic carbocycles. The van der Waals surface area contributed by atoms with Crippen LogP contribution in [-0.4, -0.2) is 26.4 Å². The zero-order chi connectivity index (χ0) is 7.15. The normalized spacial score (nSPS) is 6.75. The lowest BCUT2D eigenvalue weighted by Crippen LogP contribution is -1.92. The van der Waals surface area contributed by atoms with E-state index in [2.05, 4.69) is 6.58 Å². The van der Waals surface area contributed by atoms with Gasteiger partial charge in [0, 0.05) is 5.57 Å². The molecule has 8 heavy (non-hydrogen) atoms. The van der Waals surface area contributed by atoms with Crippen molar-refractivity contribution in [2.45, 2.75) is 6.92 Å². The van der Waals surface area contributed by atoms with Gasteiger partial charge in [-0.05, 0) is 6.92 Å². The maximum Gasteiger partial charge on any atom is 0.330 e. The lowest BCUT2D eigenvalue weighted by molar-refractivity contribution is -0.132. The summed E-state index contributed by atoms with van der Waals surface area (Å²) >= 11 is 0. The van der Waals surface area contributed by atoms with Crippen molar-refractivity contribution in [2.24, 2.45) is 0 Å². The van der Waals surface area contributed by atoms with Gasteiger partial charge in [-0.15, -0.1) is 0 Å². The second-order valence-corrected chi connectivity index (χ2v) is 1.09. The summed E-state index contributed by atoms with van der Waals surface area (Å²) in [5.74, 6) is -0.935. The topological polar surface area (TPSA) is 57.5 Å². The van der Waals surface area contributed by atoms with E-state index in [0.29, 0.717) is 10.5 Å². The third-order valence-corrected chi connectivity index (χ3v) is 0.365. The van der Waals surface area contributed by atoms with Crippen LogP contribution in [0, 0.1) is 0 Å². The first-order chi connectivity index (χ1) is 3.64. The quantitative estimate of drug-likeness (QED) is 0.354. The molecular formula is C4H10O3Si. The predicted octanol–water partition coefficient (Wildman–Crippen LogP) is -1.09. The first kappa shape index (κ1) is 10.4. The van der Waals surface area contributed by atoms with Gasteiger partial charge in [-0.3, -0.25) is 0 Å². The van der Waals surface area contributed by atoms with Gasteiger partial charge in [-0.25, -0.2) is 4.79 Å². The Morgan fingerprint density at radius 2 is 1.75 bits per heavy atom. The molecule has 3 nitrogen and oxygen atoms in total. The van der Waals surface area contributed by atoms with Crippen molar-refractivity contribution < 1.29 is 14.7 Å². The highest BCUT2D eigenvalue weighted by Gasteiger charge is 1.90. The molecule has 0 heterocycles. The van der Waals surface area contributed by atoms with E-state index in [0.717, 1.165) is 0 Å². The summed E-state index contributed by atoms with van der Waals surface area (Å²) < 4.78 is 0. The Balaban J connectivity index is 0. The summed E-state index contributed by atoms with van der Waals surface area (Å²) in [7, 11) is 0.306. The van der Waals surface area contributed by atoms with Gasteiger partial charge in [-0.1, -0.05) is 6.58 Å². The van der Waals surface area contributed by atoms with Crippen molar-refractivity contribution in [3.05, 3.63) is 12.2 Å². The zero-order valence-corrected chi connectivity index (χ0v) is 7.01. The highest BCUT2D eigenvalue weighted by atomic mass is 28.2. The zero-order valence-electron chi connectivity index (χ0n) is 5.01. The number of carboxylic acid groups (broad SMARTS) is 1. The molecule has 0 spiro atoms. The predicted molar refractivity (Wildman–Crippen MR) is 34.6 cm³/mol. The first-order valence-electron chi connectivity index (χ1n) is 1.98. The van der Waals surface area contributed by atoms with E-state index < -0.39 is 5.97 Å². The van der Waals surface area contributed by atoms with Crippen molar-refractivity contribution >= 4 is 16.5 Å². The first-order valence-corrected chi connectivity index (χ1v) is 2.87. The fourth-order valence-electron chi connectivity index (χ4n) is 0. The molecule has 0 saturated carbocycles. The van der Waals surface area contributed by atoms with Gasteiger partial charge in [0.15, 0.2) is 0 Å². The van der Waals surface area contributed by atoms with Crippen LogP contribution in [0.3, 0.4) is 0 Å². The van der Waals surface area contributed by atoms with Crippen molar-refractivity contribution in [1.29, 1.82) is 0 Å². The minimum Gasteiger partial charge on any atom is -0.478 e. The van der Waals surface area contributed by atoms with E-state index in [1.807, 2.05) is 0 Å². The van der Waals surface area contributed by atoms with E-state index in [4.69, 9.17) is 9.90 Å². The largest absolute Gasteiger partial charge is 0.478 e.